The van der Waals surface area contributed by atoms with Gasteiger partial charge in [-0.1, -0.05) is 24.3 Å². The van der Waals surface area contributed by atoms with Crippen molar-refractivity contribution in [3.63, 3.8) is 0 Å². The van der Waals surface area contributed by atoms with E-state index in [9.17, 15) is 9.18 Å². The van der Waals surface area contributed by atoms with E-state index in [0.29, 0.717) is 11.7 Å². The van der Waals surface area contributed by atoms with E-state index in [0.717, 1.165) is 24.2 Å². The summed E-state index contributed by atoms with van der Waals surface area (Å²) in [5, 5.41) is 0. The second kappa shape index (κ2) is 5.45. The average Bonchev–Trinajstić information content (AvgIpc) is 3.25. The summed E-state index contributed by atoms with van der Waals surface area (Å²) in [5.74, 6) is 0.469. The summed E-state index contributed by atoms with van der Waals surface area (Å²) in [4.78, 5) is 12.2. The number of carbonyl (C=O) groups excluding carboxylic acids is 1. The topological polar surface area (TPSA) is 26.3 Å². The molecule has 0 bridgehead atoms. The Bertz CT molecular complexity index is 615. The smallest absolute Gasteiger partial charge is 0.167 e. The summed E-state index contributed by atoms with van der Waals surface area (Å²) in [6.45, 7) is 0. The number of hydrogen-bond donors (Lipinski definition) is 0. The molecule has 3 rings (SSSR count). The Morgan fingerprint density at radius 2 is 1.90 bits per heavy atom. The Balaban J connectivity index is 1.71. The largest absolute Gasteiger partial charge is 0.490 e. The molecule has 0 aromatic heterocycles. The predicted molar refractivity (Wildman–Crippen MR) is 74.5 cm³/mol. The predicted octanol–water partition coefficient (Wildman–Crippen LogP) is 3.79. The lowest BCUT2D eigenvalue weighted by Crippen LogP contribution is -2.04. The number of ketones is 1. The van der Waals surface area contributed by atoms with Gasteiger partial charge in [0.2, 0.25) is 0 Å². The van der Waals surface area contributed by atoms with Gasteiger partial charge in [0, 0.05) is 12.0 Å². The minimum absolute atomic E-state index is 0.0119. The number of ether oxygens (including phenoxy) is 1. The van der Waals surface area contributed by atoms with Crippen molar-refractivity contribution < 1.29 is 13.9 Å². The molecule has 0 spiro atoms. The molecule has 0 atom stereocenters. The van der Waals surface area contributed by atoms with Crippen LogP contribution >= 0.6 is 0 Å². The molecule has 1 saturated carbocycles. The van der Waals surface area contributed by atoms with Crippen LogP contribution in [0.25, 0.3) is 0 Å². The molecule has 102 valence electrons. The van der Waals surface area contributed by atoms with Crippen molar-refractivity contribution in [2.45, 2.75) is 25.4 Å². The molecule has 0 amide bonds. The zero-order valence-electron chi connectivity index (χ0n) is 11.0. The maximum atomic E-state index is 12.8. The first-order valence-electron chi connectivity index (χ1n) is 6.75. The molecule has 0 N–H and O–H groups in total. The van der Waals surface area contributed by atoms with Gasteiger partial charge in [-0.2, -0.15) is 0 Å². The first-order chi connectivity index (χ1) is 9.70. The first kappa shape index (κ1) is 12.9. The fourth-order valence-corrected chi connectivity index (χ4v) is 2.01. The summed E-state index contributed by atoms with van der Waals surface area (Å²) in [6, 6.07) is 13.3. The molecular formula is C17H15FO2. The zero-order chi connectivity index (χ0) is 13.9. The fourth-order valence-electron chi connectivity index (χ4n) is 2.01. The third-order valence-corrected chi connectivity index (χ3v) is 3.26. The molecule has 0 saturated heterocycles. The number of hydrogen-bond acceptors (Lipinski definition) is 2. The zero-order valence-corrected chi connectivity index (χ0v) is 11.0. The number of Topliss-reactive ketones (excluding diaryl/α,β-unsaturated/α-hetero) is 1. The Morgan fingerprint density at radius 1 is 1.15 bits per heavy atom. The van der Waals surface area contributed by atoms with Crippen LogP contribution in [0.15, 0.2) is 48.5 Å². The SMILES string of the molecule is O=C(Cc1ccc(F)cc1)c1cccc(OC2CC2)c1. The molecule has 20 heavy (non-hydrogen) atoms. The number of benzene rings is 2. The van der Waals surface area contributed by atoms with Crippen molar-refractivity contribution in [3.8, 4) is 5.75 Å². The van der Waals surface area contributed by atoms with Crippen LogP contribution in [0, 0.1) is 5.82 Å². The van der Waals surface area contributed by atoms with Crippen LogP contribution in [-0.2, 0) is 6.42 Å². The van der Waals surface area contributed by atoms with Crippen molar-refractivity contribution >= 4 is 5.78 Å². The molecule has 2 nitrogen and oxygen atoms in total. The van der Waals surface area contributed by atoms with E-state index in [1.54, 1.807) is 24.3 Å². The van der Waals surface area contributed by atoms with Crippen LogP contribution in [0.4, 0.5) is 4.39 Å². The molecule has 2 aromatic rings. The second-order valence-corrected chi connectivity index (χ2v) is 5.07. The highest BCUT2D eigenvalue weighted by molar-refractivity contribution is 5.97. The lowest BCUT2D eigenvalue weighted by atomic mass is 10.0. The molecule has 1 aliphatic carbocycles. The van der Waals surface area contributed by atoms with Gasteiger partial charge in [0.1, 0.15) is 11.6 Å². The summed E-state index contributed by atoms with van der Waals surface area (Å²) in [5.41, 5.74) is 1.44. The number of carbonyl (C=O) groups is 1. The van der Waals surface area contributed by atoms with Gasteiger partial charge in [-0.25, -0.2) is 4.39 Å². The van der Waals surface area contributed by atoms with E-state index in [1.165, 1.54) is 12.1 Å². The van der Waals surface area contributed by atoms with Crippen molar-refractivity contribution in [2.75, 3.05) is 0 Å². The fraction of sp³-hybridized carbons (Fsp3) is 0.235. The van der Waals surface area contributed by atoms with Crippen molar-refractivity contribution in [3.05, 3.63) is 65.5 Å². The molecule has 2 aromatic carbocycles. The third kappa shape index (κ3) is 3.23. The van der Waals surface area contributed by atoms with Gasteiger partial charge < -0.3 is 4.74 Å². The summed E-state index contributed by atoms with van der Waals surface area (Å²) < 4.78 is 18.5. The Kier molecular flexibility index (Phi) is 3.50. The molecular weight excluding hydrogens is 255 g/mol. The molecule has 0 unspecified atom stereocenters. The lowest BCUT2D eigenvalue weighted by Gasteiger charge is -2.06. The normalized spacial score (nSPS) is 14.1. The van der Waals surface area contributed by atoms with E-state index >= 15 is 0 Å². The standard InChI is InChI=1S/C17H15FO2/c18-14-6-4-12(5-7-14)10-17(19)13-2-1-3-16(11-13)20-15-8-9-15/h1-7,11,15H,8-10H2. The summed E-state index contributed by atoms with van der Waals surface area (Å²) in [7, 11) is 0. The summed E-state index contributed by atoms with van der Waals surface area (Å²) >= 11 is 0. The Labute approximate surface area is 117 Å². The first-order valence-corrected chi connectivity index (χ1v) is 6.75. The highest BCUT2D eigenvalue weighted by Crippen LogP contribution is 2.27. The van der Waals surface area contributed by atoms with Crippen molar-refractivity contribution in [2.24, 2.45) is 0 Å². The third-order valence-electron chi connectivity index (χ3n) is 3.26. The van der Waals surface area contributed by atoms with Crippen molar-refractivity contribution in [1.29, 1.82) is 0 Å². The van der Waals surface area contributed by atoms with Gasteiger partial charge >= 0.3 is 0 Å². The van der Waals surface area contributed by atoms with Crippen LogP contribution in [0.3, 0.4) is 0 Å². The van der Waals surface area contributed by atoms with Gasteiger partial charge in [0.05, 0.1) is 6.10 Å². The van der Waals surface area contributed by atoms with Gasteiger partial charge in [-0.05, 0) is 42.7 Å². The Hall–Kier alpha value is -2.16. The van der Waals surface area contributed by atoms with Crippen LogP contribution in [-0.4, -0.2) is 11.9 Å². The quantitative estimate of drug-likeness (QED) is 0.773. The van der Waals surface area contributed by atoms with Crippen LogP contribution < -0.4 is 4.74 Å². The minimum atomic E-state index is -0.291. The highest BCUT2D eigenvalue weighted by Gasteiger charge is 2.23. The molecule has 1 aliphatic rings. The number of rotatable bonds is 5. The molecule has 1 fully saturated rings. The second-order valence-electron chi connectivity index (χ2n) is 5.07. The van der Waals surface area contributed by atoms with Crippen LogP contribution in [0.2, 0.25) is 0 Å². The van der Waals surface area contributed by atoms with E-state index in [4.69, 9.17) is 4.74 Å². The molecule has 3 heteroatoms. The summed E-state index contributed by atoms with van der Waals surface area (Å²) in [6.07, 6.45) is 2.77. The van der Waals surface area contributed by atoms with Crippen LogP contribution in [0.5, 0.6) is 5.75 Å². The van der Waals surface area contributed by atoms with Gasteiger partial charge in [0.25, 0.3) is 0 Å². The maximum Gasteiger partial charge on any atom is 0.167 e. The lowest BCUT2D eigenvalue weighted by molar-refractivity contribution is 0.0992. The van der Waals surface area contributed by atoms with Crippen LogP contribution in [0.1, 0.15) is 28.8 Å². The van der Waals surface area contributed by atoms with E-state index < -0.39 is 0 Å². The monoisotopic (exact) mass is 270 g/mol. The van der Waals surface area contributed by atoms with E-state index in [1.807, 2.05) is 12.1 Å². The Morgan fingerprint density at radius 3 is 2.60 bits per heavy atom. The van der Waals surface area contributed by atoms with E-state index in [-0.39, 0.29) is 18.0 Å². The van der Waals surface area contributed by atoms with Gasteiger partial charge in [-0.3, -0.25) is 4.79 Å². The minimum Gasteiger partial charge on any atom is -0.490 e. The molecule has 0 radical (unpaired) electrons. The molecule has 0 aliphatic heterocycles. The average molecular weight is 270 g/mol. The number of halogens is 1. The molecule has 0 heterocycles. The van der Waals surface area contributed by atoms with Gasteiger partial charge in [0.15, 0.2) is 5.78 Å². The highest BCUT2D eigenvalue weighted by atomic mass is 19.1. The maximum absolute atomic E-state index is 12.8. The van der Waals surface area contributed by atoms with E-state index in [2.05, 4.69) is 0 Å². The van der Waals surface area contributed by atoms with Crippen molar-refractivity contribution in [1.82, 2.24) is 0 Å². The van der Waals surface area contributed by atoms with Gasteiger partial charge in [-0.15, -0.1) is 0 Å².